The molecular weight excluding hydrogens is 281 g/mol. The zero-order chi connectivity index (χ0) is 15.6. The van der Waals surface area contributed by atoms with Gasteiger partial charge in [0.05, 0.1) is 5.56 Å². The molecule has 0 saturated heterocycles. The number of carbonyl (C=O) groups is 1. The molecule has 1 aliphatic rings. The highest BCUT2D eigenvalue weighted by molar-refractivity contribution is 5.95. The Morgan fingerprint density at radius 1 is 1.38 bits per heavy atom. The molecule has 2 rings (SSSR count). The fourth-order valence-electron chi connectivity index (χ4n) is 2.27. The van der Waals surface area contributed by atoms with Crippen molar-refractivity contribution in [3.8, 4) is 0 Å². The monoisotopic (exact) mass is 300 g/mol. The van der Waals surface area contributed by atoms with Crippen LogP contribution in [0.2, 0.25) is 0 Å². The molecule has 0 aromatic heterocycles. The van der Waals surface area contributed by atoms with Gasteiger partial charge in [0, 0.05) is 24.3 Å². The smallest absolute Gasteiger partial charge is 0.385 e. The molecule has 0 aliphatic heterocycles. The van der Waals surface area contributed by atoms with Crippen LogP contribution < -0.4 is 10.6 Å². The molecule has 6 heteroatoms. The van der Waals surface area contributed by atoms with Crippen molar-refractivity contribution in [1.29, 1.82) is 0 Å². The van der Waals surface area contributed by atoms with Gasteiger partial charge in [0.2, 0.25) is 0 Å². The second-order valence-electron chi connectivity index (χ2n) is 5.47. The number of nitrogens with one attached hydrogen (secondary N) is 2. The molecule has 1 aromatic carbocycles. The lowest BCUT2D eigenvalue weighted by Crippen LogP contribution is -2.26. The maximum atomic E-state index is 13.0. The topological polar surface area (TPSA) is 41.1 Å². The van der Waals surface area contributed by atoms with Crippen LogP contribution in [-0.4, -0.2) is 19.0 Å². The van der Waals surface area contributed by atoms with Crippen molar-refractivity contribution < 1.29 is 18.0 Å². The van der Waals surface area contributed by atoms with Crippen molar-refractivity contribution in [3.05, 3.63) is 29.3 Å². The van der Waals surface area contributed by atoms with Gasteiger partial charge in [-0.25, -0.2) is 0 Å². The van der Waals surface area contributed by atoms with Gasteiger partial charge in [-0.15, -0.1) is 0 Å². The summed E-state index contributed by atoms with van der Waals surface area (Å²) in [6.07, 6.45) is -3.42. The maximum Gasteiger partial charge on any atom is 0.418 e. The summed E-state index contributed by atoms with van der Waals surface area (Å²) in [5.74, 6) is 0.590. The molecule has 1 fully saturated rings. The van der Waals surface area contributed by atoms with Crippen LogP contribution in [0.1, 0.15) is 36.2 Å². The molecular formula is C15H19F3N2O. The second-order valence-corrected chi connectivity index (χ2v) is 5.47. The summed E-state index contributed by atoms with van der Waals surface area (Å²) in [6, 6.07) is 3.63. The lowest BCUT2D eigenvalue weighted by molar-refractivity contribution is -0.137. The van der Waals surface area contributed by atoms with Crippen LogP contribution in [0.25, 0.3) is 0 Å². The molecule has 0 bridgehead atoms. The number of hydrogen-bond acceptors (Lipinski definition) is 2. The number of rotatable bonds is 5. The van der Waals surface area contributed by atoms with E-state index in [4.69, 9.17) is 0 Å². The van der Waals surface area contributed by atoms with E-state index in [1.54, 1.807) is 6.92 Å². The van der Waals surface area contributed by atoms with Crippen molar-refractivity contribution in [2.45, 2.75) is 26.4 Å². The molecule has 1 saturated carbocycles. The van der Waals surface area contributed by atoms with Crippen LogP contribution in [0.15, 0.2) is 18.2 Å². The zero-order valence-electron chi connectivity index (χ0n) is 12.1. The molecule has 116 valence electrons. The first-order valence-electron chi connectivity index (χ1n) is 7.06. The standard InChI is InChI=1S/C15H19F3N2O/c1-3-19-13-5-4-10(7-12(13)15(16,17)18)14(21)20-8-11-6-9(11)2/h4-5,7,9,11,19H,3,6,8H2,1-2H3,(H,20,21). The van der Waals surface area contributed by atoms with Gasteiger partial charge in [-0.3, -0.25) is 4.79 Å². The van der Waals surface area contributed by atoms with Gasteiger partial charge >= 0.3 is 6.18 Å². The highest BCUT2D eigenvalue weighted by Gasteiger charge is 2.35. The van der Waals surface area contributed by atoms with E-state index in [1.807, 2.05) is 0 Å². The number of anilines is 1. The number of halogens is 3. The summed E-state index contributed by atoms with van der Waals surface area (Å²) in [4.78, 5) is 11.9. The van der Waals surface area contributed by atoms with Gasteiger partial charge in [0.15, 0.2) is 0 Å². The van der Waals surface area contributed by atoms with Gasteiger partial charge in [-0.1, -0.05) is 6.92 Å². The minimum absolute atomic E-state index is 0.00244. The summed E-state index contributed by atoms with van der Waals surface area (Å²) in [6.45, 7) is 4.71. The van der Waals surface area contributed by atoms with E-state index in [-0.39, 0.29) is 11.3 Å². The van der Waals surface area contributed by atoms with E-state index < -0.39 is 17.6 Å². The SMILES string of the molecule is CCNc1ccc(C(=O)NCC2CC2C)cc1C(F)(F)F. The minimum Gasteiger partial charge on any atom is -0.385 e. The normalized spacial score (nSPS) is 21.0. The van der Waals surface area contributed by atoms with E-state index in [0.717, 1.165) is 12.5 Å². The maximum absolute atomic E-state index is 13.0. The number of alkyl halides is 3. The number of carbonyl (C=O) groups excluding carboxylic acids is 1. The van der Waals surface area contributed by atoms with Crippen molar-refractivity contribution in [2.24, 2.45) is 11.8 Å². The molecule has 0 radical (unpaired) electrons. The fraction of sp³-hybridized carbons (Fsp3) is 0.533. The molecule has 21 heavy (non-hydrogen) atoms. The Labute approximate surface area is 121 Å². The van der Waals surface area contributed by atoms with E-state index in [0.29, 0.717) is 24.9 Å². The predicted molar refractivity (Wildman–Crippen MR) is 75.2 cm³/mol. The minimum atomic E-state index is -4.49. The Kier molecular flexibility index (Phi) is 4.44. The van der Waals surface area contributed by atoms with Crippen LogP contribution >= 0.6 is 0 Å². The molecule has 1 aliphatic carbocycles. The Morgan fingerprint density at radius 3 is 2.57 bits per heavy atom. The third kappa shape index (κ3) is 3.89. The first-order chi connectivity index (χ1) is 9.82. The van der Waals surface area contributed by atoms with Crippen molar-refractivity contribution in [2.75, 3.05) is 18.4 Å². The van der Waals surface area contributed by atoms with Crippen LogP contribution in [0.4, 0.5) is 18.9 Å². The number of benzene rings is 1. The third-order valence-electron chi connectivity index (χ3n) is 3.76. The zero-order valence-corrected chi connectivity index (χ0v) is 12.1. The van der Waals surface area contributed by atoms with E-state index in [2.05, 4.69) is 17.6 Å². The second kappa shape index (κ2) is 5.95. The lowest BCUT2D eigenvalue weighted by atomic mass is 10.1. The summed E-state index contributed by atoms with van der Waals surface area (Å²) in [5.41, 5.74) is -0.772. The van der Waals surface area contributed by atoms with E-state index in [1.165, 1.54) is 12.1 Å². The predicted octanol–water partition coefficient (Wildman–Crippen LogP) is 3.52. The van der Waals surface area contributed by atoms with Gasteiger partial charge in [-0.2, -0.15) is 13.2 Å². The van der Waals surface area contributed by atoms with Crippen molar-refractivity contribution in [1.82, 2.24) is 5.32 Å². The van der Waals surface area contributed by atoms with Crippen LogP contribution in [0.3, 0.4) is 0 Å². The largest absolute Gasteiger partial charge is 0.418 e. The molecule has 2 unspecified atom stereocenters. The van der Waals surface area contributed by atoms with Crippen LogP contribution in [0.5, 0.6) is 0 Å². The first-order valence-corrected chi connectivity index (χ1v) is 7.06. The number of amides is 1. The Morgan fingerprint density at radius 2 is 2.05 bits per heavy atom. The number of hydrogen-bond donors (Lipinski definition) is 2. The van der Waals surface area contributed by atoms with Gasteiger partial charge in [-0.05, 0) is 43.4 Å². The molecule has 1 amide bonds. The summed E-state index contributed by atoms with van der Waals surface area (Å²) in [5, 5.41) is 5.36. The molecule has 2 atom stereocenters. The fourth-order valence-corrected chi connectivity index (χ4v) is 2.27. The summed E-state index contributed by atoms with van der Waals surface area (Å²) in [7, 11) is 0. The third-order valence-corrected chi connectivity index (χ3v) is 3.76. The Hall–Kier alpha value is -1.72. The molecule has 3 nitrogen and oxygen atoms in total. The van der Waals surface area contributed by atoms with E-state index >= 15 is 0 Å². The highest BCUT2D eigenvalue weighted by Crippen LogP contribution is 2.37. The average Bonchev–Trinajstić information content (AvgIpc) is 3.11. The summed E-state index contributed by atoms with van der Waals surface area (Å²) < 4.78 is 39.1. The van der Waals surface area contributed by atoms with Gasteiger partial charge < -0.3 is 10.6 Å². The van der Waals surface area contributed by atoms with Crippen molar-refractivity contribution in [3.63, 3.8) is 0 Å². The Bertz CT molecular complexity index is 528. The van der Waals surface area contributed by atoms with E-state index in [9.17, 15) is 18.0 Å². The average molecular weight is 300 g/mol. The quantitative estimate of drug-likeness (QED) is 0.873. The van der Waals surface area contributed by atoms with Crippen LogP contribution in [-0.2, 0) is 6.18 Å². The molecule has 1 aromatic rings. The van der Waals surface area contributed by atoms with Crippen LogP contribution in [0, 0.1) is 11.8 Å². The molecule has 0 spiro atoms. The highest BCUT2D eigenvalue weighted by atomic mass is 19.4. The molecule has 0 heterocycles. The lowest BCUT2D eigenvalue weighted by Gasteiger charge is -2.15. The van der Waals surface area contributed by atoms with Gasteiger partial charge in [0.25, 0.3) is 5.91 Å². The first kappa shape index (κ1) is 15.7. The molecule has 2 N–H and O–H groups in total. The Balaban J connectivity index is 2.14. The summed E-state index contributed by atoms with van der Waals surface area (Å²) >= 11 is 0. The van der Waals surface area contributed by atoms with Gasteiger partial charge in [0.1, 0.15) is 0 Å². The van der Waals surface area contributed by atoms with Crippen molar-refractivity contribution >= 4 is 11.6 Å².